The van der Waals surface area contributed by atoms with Crippen LogP contribution in [-0.2, 0) is 0 Å². The van der Waals surface area contributed by atoms with E-state index in [4.69, 9.17) is 11.6 Å². The van der Waals surface area contributed by atoms with Crippen LogP contribution >= 0.6 is 11.6 Å². The molecule has 1 aromatic carbocycles. The van der Waals surface area contributed by atoms with Crippen LogP contribution in [-0.4, -0.2) is 25.1 Å². The molecule has 4 aromatic rings. The Hall–Kier alpha value is -3.06. The monoisotopic (exact) mass is 340 g/mol. The molecule has 0 atom stereocenters. The van der Waals surface area contributed by atoms with Crippen molar-refractivity contribution in [2.45, 2.75) is 0 Å². The maximum absolute atomic E-state index is 14.0. The summed E-state index contributed by atoms with van der Waals surface area (Å²) in [6.07, 6.45) is 4.66. The molecule has 0 saturated heterocycles. The van der Waals surface area contributed by atoms with Crippen LogP contribution in [0.2, 0.25) is 5.02 Å². The molecule has 8 heteroatoms. The number of fused-ring (bicyclic) bond motifs is 1. The van der Waals surface area contributed by atoms with Gasteiger partial charge < -0.3 is 5.32 Å². The highest BCUT2D eigenvalue weighted by Crippen LogP contribution is 2.28. The Morgan fingerprint density at radius 2 is 2.00 bits per heavy atom. The first-order valence-corrected chi connectivity index (χ1v) is 7.41. The van der Waals surface area contributed by atoms with Crippen molar-refractivity contribution < 1.29 is 4.39 Å². The Morgan fingerprint density at radius 1 is 1.08 bits per heavy atom. The van der Waals surface area contributed by atoms with Crippen LogP contribution in [0, 0.1) is 5.82 Å². The van der Waals surface area contributed by atoms with E-state index in [0.29, 0.717) is 33.4 Å². The molecule has 0 radical (unpaired) electrons. The van der Waals surface area contributed by atoms with Gasteiger partial charge in [0.05, 0.1) is 17.3 Å². The summed E-state index contributed by atoms with van der Waals surface area (Å²) in [5.74, 6) is 0.209. The van der Waals surface area contributed by atoms with Crippen molar-refractivity contribution >= 4 is 34.1 Å². The van der Waals surface area contributed by atoms with Gasteiger partial charge in [-0.2, -0.15) is 5.10 Å². The number of aromatic amines is 1. The highest BCUT2D eigenvalue weighted by atomic mass is 35.5. The molecule has 3 heterocycles. The number of hydrogen-bond donors (Lipinski definition) is 2. The number of hydrogen-bond acceptors (Lipinski definition) is 5. The van der Waals surface area contributed by atoms with E-state index in [-0.39, 0.29) is 5.82 Å². The van der Waals surface area contributed by atoms with Gasteiger partial charge in [0.25, 0.3) is 0 Å². The second-order valence-corrected chi connectivity index (χ2v) is 5.47. The highest BCUT2D eigenvalue weighted by Gasteiger charge is 2.10. The summed E-state index contributed by atoms with van der Waals surface area (Å²) in [4.78, 5) is 12.5. The van der Waals surface area contributed by atoms with Gasteiger partial charge in [0.2, 0.25) is 0 Å². The van der Waals surface area contributed by atoms with Gasteiger partial charge in [-0.1, -0.05) is 11.6 Å². The third-order valence-electron chi connectivity index (χ3n) is 3.48. The zero-order chi connectivity index (χ0) is 16.5. The molecule has 0 aliphatic rings. The summed E-state index contributed by atoms with van der Waals surface area (Å²) in [5, 5.41) is 11.1. The Balaban J connectivity index is 1.73. The van der Waals surface area contributed by atoms with Gasteiger partial charge >= 0.3 is 0 Å². The van der Waals surface area contributed by atoms with Gasteiger partial charge in [0.15, 0.2) is 5.65 Å². The van der Waals surface area contributed by atoms with E-state index >= 15 is 0 Å². The largest absolute Gasteiger partial charge is 0.339 e. The summed E-state index contributed by atoms with van der Waals surface area (Å²) in [6.45, 7) is 0. The number of aromatic nitrogens is 5. The first kappa shape index (κ1) is 14.5. The molecular formula is C16H10ClFN6. The van der Waals surface area contributed by atoms with Gasteiger partial charge in [-0.3, -0.25) is 10.1 Å². The molecule has 3 aromatic heterocycles. The number of H-pyrrole nitrogens is 1. The molecular weight excluding hydrogens is 331 g/mol. The van der Waals surface area contributed by atoms with E-state index < -0.39 is 0 Å². The Morgan fingerprint density at radius 3 is 2.92 bits per heavy atom. The molecule has 0 aliphatic carbocycles. The molecule has 0 bridgehead atoms. The molecule has 0 aliphatic heterocycles. The van der Waals surface area contributed by atoms with Crippen LogP contribution in [0.5, 0.6) is 0 Å². The molecule has 4 rings (SSSR count). The Labute approximate surface area is 140 Å². The van der Waals surface area contributed by atoms with E-state index in [2.05, 4.69) is 30.5 Å². The Kier molecular flexibility index (Phi) is 3.55. The zero-order valence-electron chi connectivity index (χ0n) is 12.2. The van der Waals surface area contributed by atoms with Crippen LogP contribution in [0.1, 0.15) is 0 Å². The fourth-order valence-corrected chi connectivity index (χ4v) is 2.52. The molecule has 6 nitrogen and oxygen atoms in total. The summed E-state index contributed by atoms with van der Waals surface area (Å²) >= 11 is 5.95. The first-order chi connectivity index (χ1) is 11.7. The van der Waals surface area contributed by atoms with E-state index in [9.17, 15) is 4.39 Å². The molecule has 0 amide bonds. The minimum Gasteiger partial charge on any atom is -0.339 e. The summed E-state index contributed by atoms with van der Waals surface area (Å²) in [5.41, 5.74) is 2.14. The number of halogens is 2. The minimum absolute atomic E-state index is 0.335. The van der Waals surface area contributed by atoms with Gasteiger partial charge in [-0.05, 0) is 30.3 Å². The van der Waals surface area contributed by atoms with Crippen molar-refractivity contribution in [1.29, 1.82) is 0 Å². The lowest BCUT2D eigenvalue weighted by atomic mass is 10.1. The van der Waals surface area contributed by atoms with Gasteiger partial charge in [0.1, 0.15) is 18.0 Å². The highest BCUT2D eigenvalue weighted by molar-refractivity contribution is 6.30. The molecule has 118 valence electrons. The lowest BCUT2D eigenvalue weighted by Gasteiger charge is -2.08. The third-order valence-corrected chi connectivity index (χ3v) is 3.71. The normalized spacial score (nSPS) is 10.9. The van der Waals surface area contributed by atoms with Crippen molar-refractivity contribution in [3.05, 3.63) is 59.9 Å². The average Bonchev–Trinajstić information content (AvgIpc) is 3.07. The molecule has 0 unspecified atom stereocenters. The van der Waals surface area contributed by atoms with Gasteiger partial charge in [-0.15, -0.1) is 0 Å². The molecule has 24 heavy (non-hydrogen) atoms. The number of rotatable bonds is 3. The van der Waals surface area contributed by atoms with Crippen LogP contribution in [0.25, 0.3) is 22.3 Å². The fraction of sp³-hybridized carbons (Fsp3) is 0. The number of benzene rings is 1. The average molecular weight is 341 g/mol. The lowest BCUT2D eigenvalue weighted by Crippen LogP contribution is -1.96. The number of pyridine rings is 1. The predicted octanol–water partition coefficient (Wildman–Crippen LogP) is 3.95. The van der Waals surface area contributed by atoms with Gasteiger partial charge in [-0.25, -0.2) is 14.4 Å². The second-order valence-electron chi connectivity index (χ2n) is 5.03. The maximum Gasteiger partial charge on any atom is 0.160 e. The van der Waals surface area contributed by atoms with E-state index in [0.717, 1.165) is 5.39 Å². The predicted molar refractivity (Wildman–Crippen MR) is 89.6 cm³/mol. The molecule has 2 N–H and O–H groups in total. The van der Waals surface area contributed by atoms with Crippen molar-refractivity contribution in [2.24, 2.45) is 0 Å². The van der Waals surface area contributed by atoms with Gasteiger partial charge in [0, 0.05) is 22.5 Å². The van der Waals surface area contributed by atoms with Crippen molar-refractivity contribution in [1.82, 2.24) is 25.1 Å². The van der Waals surface area contributed by atoms with Crippen LogP contribution < -0.4 is 5.32 Å². The standard InChI is InChI=1S/C16H10ClFN6/c17-9-1-2-13(18)11(5-9)14-6-10(3-4-19-14)23-15-12-7-22-24-16(12)21-8-20-15/h1-8H,(H2,19,20,21,22,23,24). The lowest BCUT2D eigenvalue weighted by molar-refractivity contribution is 0.631. The maximum atomic E-state index is 14.0. The smallest absolute Gasteiger partial charge is 0.160 e. The fourth-order valence-electron chi connectivity index (χ4n) is 2.35. The number of nitrogens with zero attached hydrogens (tertiary/aromatic N) is 4. The second kappa shape index (κ2) is 5.86. The third kappa shape index (κ3) is 2.65. The van der Waals surface area contributed by atoms with E-state index in [1.807, 2.05) is 0 Å². The van der Waals surface area contributed by atoms with E-state index in [1.165, 1.54) is 18.5 Å². The summed E-state index contributed by atoms with van der Waals surface area (Å²) < 4.78 is 14.0. The number of anilines is 2. The molecule has 0 fully saturated rings. The molecule has 0 spiro atoms. The van der Waals surface area contributed by atoms with E-state index in [1.54, 1.807) is 30.6 Å². The topological polar surface area (TPSA) is 79.4 Å². The van der Waals surface area contributed by atoms with Crippen molar-refractivity contribution in [2.75, 3.05) is 5.32 Å². The van der Waals surface area contributed by atoms with Crippen LogP contribution in [0.3, 0.4) is 0 Å². The Bertz CT molecular complexity index is 1030. The molecule has 0 saturated carbocycles. The minimum atomic E-state index is -0.386. The number of nitrogens with one attached hydrogen (secondary N) is 2. The summed E-state index contributed by atoms with van der Waals surface area (Å²) in [6, 6.07) is 7.85. The van der Waals surface area contributed by atoms with Crippen molar-refractivity contribution in [3.63, 3.8) is 0 Å². The first-order valence-electron chi connectivity index (χ1n) is 7.03. The zero-order valence-corrected chi connectivity index (χ0v) is 12.9. The van der Waals surface area contributed by atoms with Crippen LogP contribution in [0.4, 0.5) is 15.9 Å². The quantitative estimate of drug-likeness (QED) is 0.590. The van der Waals surface area contributed by atoms with Crippen LogP contribution in [0.15, 0.2) is 49.1 Å². The van der Waals surface area contributed by atoms with Crippen molar-refractivity contribution in [3.8, 4) is 11.3 Å². The summed E-state index contributed by atoms with van der Waals surface area (Å²) in [7, 11) is 0. The SMILES string of the molecule is Fc1ccc(Cl)cc1-c1cc(Nc2ncnc3[nH]ncc23)ccn1.